The highest BCUT2D eigenvalue weighted by molar-refractivity contribution is 5.94. The van der Waals surface area contributed by atoms with E-state index in [4.69, 9.17) is 5.73 Å². The lowest BCUT2D eigenvalue weighted by atomic mass is 10.1. The standard InChI is InChI=1S/C18H15N3O/c19-15-3-4-17-14(11-15)6-8-21(17)18(22)10-12-1-2-13-5-7-20-16(13)9-12/h1-9,11,20H,10,19H2. The van der Waals surface area contributed by atoms with Crippen molar-refractivity contribution in [1.82, 2.24) is 9.55 Å². The van der Waals surface area contributed by atoms with E-state index in [1.54, 1.807) is 10.8 Å². The number of fused-ring (bicyclic) bond motifs is 2. The van der Waals surface area contributed by atoms with Crippen LogP contribution in [0.5, 0.6) is 0 Å². The van der Waals surface area contributed by atoms with E-state index in [2.05, 4.69) is 4.98 Å². The normalized spacial score (nSPS) is 11.3. The Morgan fingerprint density at radius 3 is 2.86 bits per heavy atom. The Labute approximate surface area is 127 Å². The number of hydrogen-bond acceptors (Lipinski definition) is 2. The molecular formula is C18H15N3O. The van der Waals surface area contributed by atoms with Gasteiger partial charge in [-0.15, -0.1) is 0 Å². The Kier molecular flexibility index (Phi) is 2.76. The average Bonchev–Trinajstić information content (AvgIpc) is 3.12. The maximum atomic E-state index is 12.6. The number of nitrogen functional groups attached to an aromatic ring is 1. The third kappa shape index (κ3) is 2.05. The molecule has 0 saturated carbocycles. The molecule has 3 N–H and O–H groups in total. The number of H-pyrrole nitrogens is 1. The van der Waals surface area contributed by atoms with Crippen molar-refractivity contribution in [2.75, 3.05) is 5.73 Å². The van der Waals surface area contributed by atoms with E-state index in [0.29, 0.717) is 12.1 Å². The highest BCUT2D eigenvalue weighted by Gasteiger charge is 2.10. The second-order valence-electron chi connectivity index (χ2n) is 5.47. The van der Waals surface area contributed by atoms with Crippen LogP contribution in [-0.4, -0.2) is 15.5 Å². The summed E-state index contributed by atoms with van der Waals surface area (Å²) in [6.45, 7) is 0. The van der Waals surface area contributed by atoms with Gasteiger partial charge in [-0.2, -0.15) is 0 Å². The number of nitrogens with two attached hydrogens (primary N) is 1. The van der Waals surface area contributed by atoms with E-state index in [0.717, 1.165) is 27.4 Å². The van der Waals surface area contributed by atoms with Crippen molar-refractivity contribution in [3.05, 3.63) is 66.5 Å². The van der Waals surface area contributed by atoms with Gasteiger partial charge in [0.15, 0.2) is 0 Å². The molecule has 0 aliphatic rings. The van der Waals surface area contributed by atoms with Crippen LogP contribution >= 0.6 is 0 Å². The highest BCUT2D eigenvalue weighted by Crippen LogP contribution is 2.20. The van der Waals surface area contributed by atoms with Gasteiger partial charge in [0.25, 0.3) is 0 Å². The number of anilines is 1. The van der Waals surface area contributed by atoms with E-state index >= 15 is 0 Å². The number of carbonyl (C=O) groups is 1. The van der Waals surface area contributed by atoms with Gasteiger partial charge in [0.05, 0.1) is 11.9 Å². The first-order valence-electron chi connectivity index (χ1n) is 7.16. The minimum Gasteiger partial charge on any atom is -0.399 e. The first-order valence-corrected chi connectivity index (χ1v) is 7.16. The fraction of sp³-hybridized carbons (Fsp3) is 0.0556. The lowest BCUT2D eigenvalue weighted by Crippen LogP contribution is -2.12. The Balaban J connectivity index is 1.68. The van der Waals surface area contributed by atoms with Gasteiger partial charge in [-0.25, -0.2) is 0 Å². The van der Waals surface area contributed by atoms with Crippen LogP contribution in [0.1, 0.15) is 10.4 Å². The molecule has 4 rings (SSSR count). The molecule has 0 saturated heterocycles. The number of nitrogens with one attached hydrogen (secondary N) is 1. The second kappa shape index (κ2) is 4.77. The van der Waals surface area contributed by atoms with Crippen molar-refractivity contribution in [1.29, 1.82) is 0 Å². The van der Waals surface area contributed by atoms with Crippen LogP contribution in [0.2, 0.25) is 0 Å². The van der Waals surface area contributed by atoms with Crippen molar-refractivity contribution >= 4 is 33.4 Å². The summed E-state index contributed by atoms with van der Waals surface area (Å²) in [6, 6.07) is 15.6. The lowest BCUT2D eigenvalue weighted by molar-refractivity contribution is 0.0919. The van der Waals surface area contributed by atoms with Crippen molar-refractivity contribution in [3.63, 3.8) is 0 Å². The molecule has 4 aromatic rings. The smallest absolute Gasteiger partial charge is 0.235 e. The Morgan fingerprint density at radius 2 is 1.95 bits per heavy atom. The summed E-state index contributed by atoms with van der Waals surface area (Å²) in [5.74, 6) is 0.0469. The molecule has 0 aliphatic carbocycles. The summed E-state index contributed by atoms with van der Waals surface area (Å²) in [6.07, 6.45) is 4.07. The van der Waals surface area contributed by atoms with Gasteiger partial charge < -0.3 is 10.7 Å². The molecule has 0 spiro atoms. The van der Waals surface area contributed by atoms with Gasteiger partial charge in [-0.1, -0.05) is 12.1 Å². The zero-order valence-corrected chi connectivity index (χ0v) is 11.9. The lowest BCUT2D eigenvalue weighted by Gasteiger charge is -2.05. The number of carbonyl (C=O) groups excluding carboxylic acids is 1. The van der Waals surface area contributed by atoms with Crippen LogP contribution in [0.3, 0.4) is 0 Å². The van der Waals surface area contributed by atoms with Crippen molar-refractivity contribution in [2.45, 2.75) is 6.42 Å². The average molecular weight is 289 g/mol. The molecule has 0 atom stereocenters. The first kappa shape index (κ1) is 12.7. The maximum Gasteiger partial charge on any atom is 0.235 e. The molecule has 2 heterocycles. The zero-order chi connectivity index (χ0) is 15.1. The number of hydrogen-bond donors (Lipinski definition) is 2. The van der Waals surface area contributed by atoms with Gasteiger partial charge in [-0.05, 0) is 47.3 Å². The summed E-state index contributed by atoms with van der Waals surface area (Å²) in [4.78, 5) is 15.7. The van der Waals surface area contributed by atoms with Crippen LogP contribution in [0.15, 0.2) is 60.9 Å². The van der Waals surface area contributed by atoms with E-state index in [1.807, 2.05) is 54.7 Å². The Bertz CT molecular complexity index is 994. The molecule has 108 valence electrons. The van der Waals surface area contributed by atoms with E-state index < -0.39 is 0 Å². The van der Waals surface area contributed by atoms with Gasteiger partial charge in [0.2, 0.25) is 5.91 Å². The van der Waals surface area contributed by atoms with Crippen LogP contribution < -0.4 is 5.73 Å². The molecule has 4 nitrogen and oxygen atoms in total. The predicted octanol–water partition coefficient (Wildman–Crippen LogP) is 3.59. The summed E-state index contributed by atoms with van der Waals surface area (Å²) in [5, 5.41) is 2.13. The molecule has 2 aromatic carbocycles. The largest absolute Gasteiger partial charge is 0.399 e. The Morgan fingerprint density at radius 1 is 1.05 bits per heavy atom. The molecule has 0 bridgehead atoms. The third-order valence-electron chi connectivity index (χ3n) is 3.96. The van der Waals surface area contributed by atoms with Crippen molar-refractivity contribution in [3.8, 4) is 0 Å². The molecule has 0 aliphatic heterocycles. The van der Waals surface area contributed by atoms with Gasteiger partial charge >= 0.3 is 0 Å². The molecule has 0 amide bonds. The van der Waals surface area contributed by atoms with E-state index in [1.165, 1.54) is 0 Å². The second-order valence-corrected chi connectivity index (χ2v) is 5.47. The van der Waals surface area contributed by atoms with Crippen LogP contribution in [0, 0.1) is 0 Å². The molecule has 2 aromatic heterocycles. The monoisotopic (exact) mass is 289 g/mol. The first-order chi connectivity index (χ1) is 10.7. The minimum absolute atomic E-state index is 0.0469. The molecular weight excluding hydrogens is 274 g/mol. The fourth-order valence-electron chi connectivity index (χ4n) is 2.84. The van der Waals surface area contributed by atoms with E-state index in [9.17, 15) is 4.79 Å². The molecule has 0 fully saturated rings. The molecule has 4 heteroatoms. The SMILES string of the molecule is Nc1ccc2c(ccn2C(=O)Cc2ccc3cc[nH]c3c2)c1. The number of aromatic nitrogens is 2. The number of rotatable bonds is 2. The van der Waals surface area contributed by atoms with E-state index in [-0.39, 0.29) is 5.91 Å². The third-order valence-corrected chi connectivity index (χ3v) is 3.96. The summed E-state index contributed by atoms with van der Waals surface area (Å²) in [5.41, 5.74) is 9.42. The number of aromatic amines is 1. The van der Waals surface area contributed by atoms with Crippen molar-refractivity contribution < 1.29 is 4.79 Å². The number of nitrogens with zero attached hydrogens (tertiary/aromatic N) is 1. The quantitative estimate of drug-likeness (QED) is 0.554. The number of benzene rings is 2. The molecule has 0 unspecified atom stereocenters. The fourth-order valence-corrected chi connectivity index (χ4v) is 2.84. The topological polar surface area (TPSA) is 63.8 Å². The summed E-state index contributed by atoms with van der Waals surface area (Å²) >= 11 is 0. The van der Waals surface area contributed by atoms with Gasteiger partial charge in [0.1, 0.15) is 0 Å². The zero-order valence-electron chi connectivity index (χ0n) is 11.9. The van der Waals surface area contributed by atoms with Gasteiger partial charge in [-0.3, -0.25) is 9.36 Å². The predicted molar refractivity (Wildman–Crippen MR) is 89.0 cm³/mol. The Hall–Kier alpha value is -3.01. The summed E-state index contributed by atoms with van der Waals surface area (Å²) < 4.78 is 1.69. The summed E-state index contributed by atoms with van der Waals surface area (Å²) in [7, 11) is 0. The van der Waals surface area contributed by atoms with Crippen molar-refractivity contribution in [2.24, 2.45) is 0 Å². The van der Waals surface area contributed by atoms with Crippen LogP contribution in [-0.2, 0) is 6.42 Å². The molecule has 22 heavy (non-hydrogen) atoms. The minimum atomic E-state index is 0.0469. The van der Waals surface area contributed by atoms with Gasteiger partial charge in [0, 0.05) is 29.0 Å². The van der Waals surface area contributed by atoms with Crippen LogP contribution in [0.4, 0.5) is 5.69 Å². The maximum absolute atomic E-state index is 12.6. The highest BCUT2D eigenvalue weighted by atomic mass is 16.2. The van der Waals surface area contributed by atoms with Crippen LogP contribution in [0.25, 0.3) is 21.8 Å². The molecule has 0 radical (unpaired) electrons.